The first kappa shape index (κ1) is 18.1. The third kappa shape index (κ3) is 3.32. The number of carbonyl (C=O) groups excluding carboxylic acids is 2. The summed E-state index contributed by atoms with van der Waals surface area (Å²) in [6, 6.07) is 13.6. The van der Waals surface area contributed by atoms with Crippen molar-refractivity contribution in [1.29, 1.82) is 0 Å². The third-order valence-electron chi connectivity index (χ3n) is 4.62. The highest BCUT2D eigenvalue weighted by atomic mass is 35.5. The second-order valence-corrected chi connectivity index (χ2v) is 6.76. The molecule has 3 aromatic rings. The van der Waals surface area contributed by atoms with Crippen LogP contribution in [0, 0.1) is 0 Å². The zero-order chi connectivity index (χ0) is 19.7. The fraction of sp³-hybridized carbons (Fsp3) is 0.150. The molecule has 0 radical (unpaired) electrons. The molecule has 0 saturated carbocycles. The van der Waals surface area contributed by atoms with Crippen LogP contribution in [-0.2, 0) is 16.1 Å². The van der Waals surface area contributed by atoms with E-state index in [2.05, 4.69) is 15.6 Å². The Morgan fingerprint density at radius 2 is 1.96 bits per heavy atom. The molecule has 1 aliphatic heterocycles. The van der Waals surface area contributed by atoms with Gasteiger partial charge in [-0.05, 0) is 29.8 Å². The molecule has 4 rings (SSSR count). The largest absolute Gasteiger partial charge is 0.466 e. The lowest BCUT2D eigenvalue weighted by atomic mass is 9.95. The van der Waals surface area contributed by atoms with Crippen molar-refractivity contribution in [3.05, 3.63) is 76.7 Å². The lowest BCUT2D eigenvalue weighted by molar-refractivity contribution is -0.136. The summed E-state index contributed by atoms with van der Waals surface area (Å²) in [6.45, 7) is 0.266. The molecule has 1 aromatic heterocycles. The summed E-state index contributed by atoms with van der Waals surface area (Å²) in [7, 11) is 1.31. The number of methoxy groups -OCH3 is 1. The van der Waals surface area contributed by atoms with Gasteiger partial charge in [-0.25, -0.2) is 14.6 Å². The van der Waals surface area contributed by atoms with Gasteiger partial charge in [0.2, 0.25) is 0 Å². The van der Waals surface area contributed by atoms with Crippen LogP contribution < -0.4 is 10.6 Å². The summed E-state index contributed by atoms with van der Waals surface area (Å²) < 4.78 is 6.87. The molecule has 7 nitrogen and oxygen atoms in total. The number of benzene rings is 2. The van der Waals surface area contributed by atoms with E-state index in [9.17, 15) is 9.59 Å². The average Bonchev–Trinajstić information content (AvgIpc) is 3.10. The number of amides is 2. The number of esters is 1. The van der Waals surface area contributed by atoms with Crippen LogP contribution in [0.1, 0.15) is 11.6 Å². The smallest absolute Gasteiger partial charge is 0.338 e. The highest BCUT2D eigenvalue weighted by molar-refractivity contribution is 6.30. The lowest BCUT2D eigenvalue weighted by Gasteiger charge is -2.29. The highest BCUT2D eigenvalue weighted by Gasteiger charge is 2.33. The van der Waals surface area contributed by atoms with E-state index >= 15 is 0 Å². The van der Waals surface area contributed by atoms with Crippen LogP contribution in [-0.4, -0.2) is 28.7 Å². The predicted molar refractivity (Wildman–Crippen MR) is 105 cm³/mol. The highest BCUT2D eigenvalue weighted by Crippen LogP contribution is 2.29. The van der Waals surface area contributed by atoms with E-state index in [1.165, 1.54) is 7.11 Å². The van der Waals surface area contributed by atoms with Gasteiger partial charge in [0.25, 0.3) is 0 Å². The van der Waals surface area contributed by atoms with E-state index in [4.69, 9.17) is 16.3 Å². The SMILES string of the molecule is COC(=O)C1=C(Cn2cnc3ccccc32)NC(=O)NC1c1ccc(Cl)cc1. The molecule has 0 spiro atoms. The maximum atomic E-state index is 12.6. The molecule has 0 fully saturated rings. The number of fused-ring (bicyclic) bond motifs is 1. The molecule has 2 amide bonds. The van der Waals surface area contributed by atoms with Crippen LogP contribution in [0.3, 0.4) is 0 Å². The number of rotatable bonds is 4. The van der Waals surface area contributed by atoms with Crippen LogP contribution in [0.25, 0.3) is 11.0 Å². The number of imidazole rings is 1. The number of carbonyl (C=O) groups is 2. The van der Waals surface area contributed by atoms with Gasteiger partial charge in [0.05, 0.1) is 48.3 Å². The van der Waals surface area contributed by atoms with Crippen molar-refractivity contribution in [3.63, 3.8) is 0 Å². The molecule has 0 saturated heterocycles. The van der Waals surface area contributed by atoms with Crippen molar-refractivity contribution >= 4 is 34.6 Å². The molecule has 8 heteroatoms. The van der Waals surface area contributed by atoms with E-state index < -0.39 is 18.0 Å². The minimum atomic E-state index is -0.650. The van der Waals surface area contributed by atoms with Crippen molar-refractivity contribution in [3.8, 4) is 0 Å². The van der Waals surface area contributed by atoms with Gasteiger partial charge in [0.1, 0.15) is 0 Å². The molecule has 142 valence electrons. The summed E-state index contributed by atoms with van der Waals surface area (Å²) >= 11 is 5.97. The van der Waals surface area contributed by atoms with E-state index in [-0.39, 0.29) is 6.54 Å². The topological polar surface area (TPSA) is 85.2 Å². The predicted octanol–water partition coefficient (Wildman–Crippen LogP) is 3.17. The summed E-state index contributed by atoms with van der Waals surface area (Å²) in [5.74, 6) is -0.521. The van der Waals surface area contributed by atoms with Gasteiger partial charge in [-0.3, -0.25) is 0 Å². The lowest BCUT2D eigenvalue weighted by Crippen LogP contribution is -2.46. The normalized spacial score (nSPS) is 16.6. The second-order valence-electron chi connectivity index (χ2n) is 6.33. The Labute approximate surface area is 166 Å². The molecular weight excluding hydrogens is 380 g/mol. The number of urea groups is 1. The number of nitrogens with zero attached hydrogens (tertiary/aromatic N) is 2. The third-order valence-corrected chi connectivity index (χ3v) is 4.87. The van der Waals surface area contributed by atoms with Crippen LogP contribution >= 0.6 is 11.6 Å². The molecule has 2 N–H and O–H groups in total. The van der Waals surface area contributed by atoms with Crippen molar-refractivity contribution < 1.29 is 14.3 Å². The van der Waals surface area contributed by atoms with Gasteiger partial charge in [0.15, 0.2) is 0 Å². The Kier molecular flexibility index (Phi) is 4.75. The number of ether oxygens (including phenoxy) is 1. The number of aromatic nitrogens is 2. The molecule has 1 atom stereocenters. The molecule has 2 aromatic carbocycles. The van der Waals surface area contributed by atoms with Crippen LogP contribution in [0.5, 0.6) is 0 Å². The number of hydrogen-bond donors (Lipinski definition) is 2. The van der Waals surface area contributed by atoms with Crippen molar-refractivity contribution in [1.82, 2.24) is 20.2 Å². The monoisotopic (exact) mass is 396 g/mol. The van der Waals surface area contributed by atoms with E-state index in [1.54, 1.807) is 30.6 Å². The Hall–Kier alpha value is -3.32. The maximum absolute atomic E-state index is 12.6. The van der Waals surface area contributed by atoms with Gasteiger partial charge in [-0.1, -0.05) is 35.9 Å². The van der Waals surface area contributed by atoms with Crippen molar-refractivity contribution in [2.75, 3.05) is 7.11 Å². The average molecular weight is 397 g/mol. The zero-order valence-corrected chi connectivity index (χ0v) is 15.7. The quantitative estimate of drug-likeness (QED) is 0.663. The van der Waals surface area contributed by atoms with Gasteiger partial charge in [-0.2, -0.15) is 0 Å². The Balaban J connectivity index is 1.81. The van der Waals surface area contributed by atoms with Crippen LogP contribution in [0.15, 0.2) is 66.1 Å². The molecule has 0 aliphatic carbocycles. The first-order valence-corrected chi connectivity index (χ1v) is 8.99. The Bertz CT molecular complexity index is 1090. The summed E-state index contributed by atoms with van der Waals surface area (Å²) in [5, 5.41) is 6.10. The number of nitrogens with one attached hydrogen (secondary N) is 2. The number of para-hydroxylation sites is 2. The number of allylic oxidation sites excluding steroid dienone is 1. The fourth-order valence-electron chi connectivity index (χ4n) is 3.31. The minimum Gasteiger partial charge on any atom is -0.466 e. The number of halogens is 1. The van der Waals surface area contributed by atoms with Crippen molar-refractivity contribution in [2.45, 2.75) is 12.6 Å². The first-order valence-electron chi connectivity index (χ1n) is 8.61. The molecule has 1 aliphatic rings. The van der Waals surface area contributed by atoms with E-state index in [0.29, 0.717) is 16.3 Å². The number of hydrogen-bond acceptors (Lipinski definition) is 4. The van der Waals surface area contributed by atoms with Crippen molar-refractivity contribution in [2.24, 2.45) is 0 Å². The Morgan fingerprint density at radius 3 is 2.71 bits per heavy atom. The van der Waals surface area contributed by atoms with Crippen LogP contribution in [0.2, 0.25) is 5.02 Å². The van der Waals surface area contributed by atoms with Gasteiger partial charge >= 0.3 is 12.0 Å². The Morgan fingerprint density at radius 1 is 1.21 bits per heavy atom. The summed E-state index contributed by atoms with van der Waals surface area (Å²) in [6.07, 6.45) is 1.68. The van der Waals surface area contributed by atoms with Gasteiger partial charge in [0, 0.05) is 5.02 Å². The second kappa shape index (κ2) is 7.36. The maximum Gasteiger partial charge on any atom is 0.338 e. The standard InChI is InChI=1S/C20H17ClN4O3/c1-28-19(26)17-15(10-25-11-22-14-4-2-3-5-16(14)25)23-20(27)24-18(17)12-6-8-13(21)9-7-12/h2-9,11,18H,10H2,1H3,(H2,23,24,27). The summed E-state index contributed by atoms with van der Waals surface area (Å²) in [5.41, 5.74) is 3.25. The van der Waals surface area contributed by atoms with E-state index in [0.717, 1.165) is 16.6 Å². The van der Waals surface area contributed by atoms with Crippen LogP contribution in [0.4, 0.5) is 4.79 Å². The molecule has 28 heavy (non-hydrogen) atoms. The van der Waals surface area contributed by atoms with Gasteiger partial charge < -0.3 is 19.9 Å². The summed E-state index contributed by atoms with van der Waals surface area (Å²) in [4.78, 5) is 29.3. The molecule has 1 unspecified atom stereocenters. The van der Waals surface area contributed by atoms with Gasteiger partial charge in [-0.15, -0.1) is 0 Å². The first-order chi connectivity index (χ1) is 13.6. The minimum absolute atomic E-state index is 0.266. The fourth-order valence-corrected chi connectivity index (χ4v) is 3.43. The molecule has 0 bridgehead atoms. The molecular formula is C20H17ClN4O3. The molecule has 2 heterocycles. The zero-order valence-electron chi connectivity index (χ0n) is 15.0. The van der Waals surface area contributed by atoms with E-state index in [1.807, 2.05) is 28.8 Å².